The monoisotopic (exact) mass is 433 g/mol. The summed E-state index contributed by atoms with van der Waals surface area (Å²) in [5, 5.41) is 5.47. The van der Waals surface area contributed by atoms with Gasteiger partial charge >= 0.3 is 0 Å². The minimum Gasteiger partial charge on any atom is -0.465 e. The van der Waals surface area contributed by atoms with E-state index in [1.54, 1.807) is 12.1 Å². The van der Waals surface area contributed by atoms with E-state index in [-0.39, 0.29) is 22.6 Å². The molecule has 0 saturated carbocycles. The minimum atomic E-state index is -3.60. The van der Waals surface area contributed by atoms with Crippen molar-refractivity contribution in [2.75, 3.05) is 18.4 Å². The summed E-state index contributed by atoms with van der Waals surface area (Å²) >= 11 is 0. The number of rotatable bonds is 7. The maximum absolute atomic E-state index is 12.9. The van der Waals surface area contributed by atoms with Crippen molar-refractivity contribution in [1.29, 1.82) is 0 Å². The van der Waals surface area contributed by atoms with Crippen LogP contribution in [0.15, 0.2) is 45.7 Å². The first-order valence-corrected chi connectivity index (χ1v) is 11.4. The van der Waals surface area contributed by atoms with Gasteiger partial charge < -0.3 is 15.1 Å². The van der Waals surface area contributed by atoms with Crippen molar-refractivity contribution in [2.45, 2.75) is 44.6 Å². The topological polar surface area (TPSA) is 109 Å². The quantitative estimate of drug-likeness (QED) is 0.698. The summed E-state index contributed by atoms with van der Waals surface area (Å²) in [5.41, 5.74) is 0.552. The molecule has 1 aliphatic rings. The molecule has 2 heterocycles. The number of anilines is 1. The first kappa shape index (κ1) is 22.0. The molecule has 1 saturated heterocycles. The molecule has 162 valence electrons. The molecular formula is C21H27N3O5S. The first-order valence-electron chi connectivity index (χ1n) is 9.94. The smallest absolute Gasteiger partial charge is 0.243 e. The van der Waals surface area contributed by atoms with Gasteiger partial charge in [0.15, 0.2) is 0 Å². The van der Waals surface area contributed by atoms with E-state index in [1.807, 2.05) is 19.1 Å². The normalized spacial score (nSPS) is 15.7. The van der Waals surface area contributed by atoms with Crippen molar-refractivity contribution in [1.82, 2.24) is 9.62 Å². The molecule has 1 aliphatic heterocycles. The Kier molecular flexibility index (Phi) is 6.94. The van der Waals surface area contributed by atoms with Crippen LogP contribution in [-0.2, 0) is 26.2 Å². The molecule has 3 rings (SSSR count). The van der Waals surface area contributed by atoms with Gasteiger partial charge in [0.25, 0.3) is 0 Å². The van der Waals surface area contributed by atoms with Gasteiger partial charge in [0.1, 0.15) is 11.5 Å². The Morgan fingerprint density at radius 2 is 1.77 bits per heavy atom. The number of carbonyl (C=O) groups is 2. The summed E-state index contributed by atoms with van der Waals surface area (Å²) in [5.74, 6) is 1.40. The molecule has 0 unspecified atom stereocenters. The Morgan fingerprint density at radius 3 is 2.33 bits per heavy atom. The van der Waals surface area contributed by atoms with Gasteiger partial charge in [0.05, 0.1) is 11.4 Å². The van der Waals surface area contributed by atoms with Crippen molar-refractivity contribution in [2.24, 2.45) is 5.92 Å². The third-order valence-electron chi connectivity index (χ3n) is 5.12. The van der Waals surface area contributed by atoms with Crippen molar-refractivity contribution >= 4 is 27.5 Å². The van der Waals surface area contributed by atoms with Crippen LogP contribution in [0.2, 0.25) is 0 Å². The van der Waals surface area contributed by atoms with Crippen LogP contribution in [0.25, 0.3) is 0 Å². The lowest BCUT2D eigenvalue weighted by Crippen LogP contribution is -2.39. The Labute approximate surface area is 176 Å². The van der Waals surface area contributed by atoms with Crippen LogP contribution in [0.1, 0.15) is 37.7 Å². The van der Waals surface area contributed by atoms with Gasteiger partial charge in [0, 0.05) is 32.1 Å². The highest BCUT2D eigenvalue weighted by atomic mass is 32.2. The van der Waals surface area contributed by atoms with Crippen LogP contribution in [0.3, 0.4) is 0 Å². The molecule has 2 aromatic rings. The van der Waals surface area contributed by atoms with Crippen molar-refractivity contribution in [3.63, 3.8) is 0 Å². The fourth-order valence-electron chi connectivity index (χ4n) is 3.52. The molecule has 1 aromatic heterocycles. The molecule has 0 atom stereocenters. The average molecular weight is 434 g/mol. The number of sulfonamides is 1. The van der Waals surface area contributed by atoms with Gasteiger partial charge in [0.2, 0.25) is 21.8 Å². The van der Waals surface area contributed by atoms with E-state index < -0.39 is 10.0 Å². The molecule has 0 bridgehead atoms. The summed E-state index contributed by atoms with van der Waals surface area (Å²) < 4.78 is 32.6. The number of carbonyl (C=O) groups excluding carboxylic acids is 2. The van der Waals surface area contributed by atoms with Crippen LogP contribution < -0.4 is 10.6 Å². The molecule has 1 aromatic carbocycles. The number of hydrogen-bond donors (Lipinski definition) is 2. The summed E-state index contributed by atoms with van der Waals surface area (Å²) in [6.45, 7) is 4.36. The molecule has 2 amide bonds. The molecule has 30 heavy (non-hydrogen) atoms. The summed E-state index contributed by atoms with van der Waals surface area (Å²) in [7, 11) is -3.60. The fourth-order valence-corrected chi connectivity index (χ4v) is 4.99. The van der Waals surface area contributed by atoms with E-state index in [9.17, 15) is 18.0 Å². The molecule has 9 heteroatoms. The number of nitrogens with one attached hydrogen (secondary N) is 2. The van der Waals surface area contributed by atoms with E-state index in [0.717, 1.165) is 5.76 Å². The summed E-state index contributed by atoms with van der Waals surface area (Å²) in [4.78, 5) is 23.5. The van der Waals surface area contributed by atoms with Crippen molar-refractivity contribution in [3.8, 4) is 0 Å². The average Bonchev–Trinajstić information content (AvgIpc) is 3.12. The number of benzene rings is 1. The second kappa shape index (κ2) is 9.44. The predicted octanol–water partition coefficient (Wildman–Crippen LogP) is 2.65. The zero-order valence-electron chi connectivity index (χ0n) is 17.2. The maximum Gasteiger partial charge on any atom is 0.243 e. The number of hydrogen-bond acceptors (Lipinski definition) is 5. The summed E-state index contributed by atoms with van der Waals surface area (Å²) in [6.07, 6.45) is 1.64. The van der Waals surface area contributed by atoms with Crippen LogP contribution >= 0.6 is 0 Å². The van der Waals surface area contributed by atoms with Crippen LogP contribution in [0.4, 0.5) is 5.69 Å². The highest BCUT2D eigenvalue weighted by molar-refractivity contribution is 7.89. The van der Waals surface area contributed by atoms with Gasteiger partial charge in [-0.3, -0.25) is 9.59 Å². The molecule has 1 fully saturated rings. The van der Waals surface area contributed by atoms with Gasteiger partial charge in [-0.2, -0.15) is 4.31 Å². The fraction of sp³-hybridized carbons (Fsp3) is 0.429. The zero-order chi connectivity index (χ0) is 21.7. The number of furan rings is 1. The van der Waals surface area contributed by atoms with Gasteiger partial charge in [-0.05, 0) is 62.1 Å². The first-order chi connectivity index (χ1) is 14.2. The minimum absolute atomic E-state index is 0.0566. The number of aryl methyl sites for hydroxylation is 1. The van der Waals surface area contributed by atoms with E-state index in [0.29, 0.717) is 50.3 Å². The Morgan fingerprint density at radius 1 is 1.10 bits per heavy atom. The lowest BCUT2D eigenvalue weighted by molar-refractivity contribution is -0.122. The van der Waals surface area contributed by atoms with Crippen molar-refractivity contribution < 1.29 is 22.4 Å². The Hall–Kier alpha value is -2.65. The Balaban J connectivity index is 1.49. The second-order valence-electron chi connectivity index (χ2n) is 7.55. The van der Waals surface area contributed by atoms with Crippen LogP contribution in [-0.4, -0.2) is 37.6 Å². The largest absolute Gasteiger partial charge is 0.465 e. The highest BCUT2D eigenvalue weighted by Gasteiger charge is 2.30. The SMILES string of the molecule is CC(=O)Nc1ccc(S(=O)(=O)N2CCC(CC(=O)NCc3ccc(C)o3)CC2)cc1. The molecule has 8 nitrogen and oxygen atoms in total. The predicted molar refractivity (Wildman–Crippen MR) is 112 cm³/mol. The summed E-state index contributed by atoms with van der Waals surface area (Å²) in [6, 6.07) is 9.83. The third-order valence-corrected chi connectivity index (χ3v) is 7.03. The lowest BCUT2D eigenvalue weighted by Gasteiger charge is -2.31. The number of amides is 2. The number of piperidine rings is 1. The van der Waals surface area contributed by atoms with Crippen molar-refractivity contribution in [3.05, 3.63) is 47.9 Å². The van der Waals surface area contributed by atoms with Gasteiger partial charge in [-0.1, -0.05) is 0 Å². The molecule has 0 radical (unpaired) electrons. The highest BCUT2D eigenvalue weighted by Crippen LogP contribution is 2.26. The second-order valence-corrected chi connectivity index (χ2v) is 9.48. The van der Waals surface area contributed by atoms with E-state index in [2.05, 4.69) is 10.6 Å². The molecular weight excluding hydrogens is 406 g/mol. The maximum atomic E-state index is 12.9. The van der Waals surface area contributed by atoms with E-state index >= 15 is 0 Å². The standard InChI is InChI=1S/C21H27N3O5S/c1-15-3-6-19(29-15)14-22-21(26)13-17-9-11-24(12-10-17)30(27,28)20-7-4-18(5-8-20)23-16(2)25/h3-8,17H,9-14H2,1-2H3,(H,22,26)(H,23,25). The van der Waals surface area contributed by atoms with E-state index in [1.165, 1.54) is 23.4 Å². The Bertz CT molecular complexity index is 990. The zero-order valence-corrected chi connectivity index (χ0v) is 18.0. The molecule has 0 spiro atoms. The van der Waals surface area contributed by atoms with E-state index in [4.69, 9.17) is 4.42 Å². The lowest BCUT2D eigenvalue weighted by atomic mass is 9.94. The molecule has 0 aliphatic carbocycles. The molecule has 2 N–H and O–H groups in total. The number of nitrogens with zero attached hydrogens (tertiary/aromatic N) is 1. The van der Waals surface area contributed by atoms with Crippen LogP contribution in [0.5, 0.6) is 0 Å². The van der Waals surface area contributed by atoms with Gasteiger partial charge in [-0.15, -0.1) is 0 Å². The van der Waals surface area contributed by atoms with Gasteiger partial charge in [-0.25, -0.2) is 8.42 Å². The third kappa shape index (κ3) is 5.70. The van der Waals surface area contributed by atoms with Crippen LogP contribution in [0, 0.1) is 12.8 Å².